The van der Waals surface area contributed by atoms with Gasteiger partial charge in [0.15, 0.2) is 0 Å². The highest BCUT2D eigenvalue weighted by Crippen LogP contribution is 2.37. The predicted octanol–water partition coefficient (Wildman–Crippen LogP) is 2.56. The van der Waals surface area contributed by atoms with Crippen LogP contribution >= 0.6 is 0 Å². The van der Waals surface area contributed by atoms with Crippen LogP contribution in [0.4, 0.5) is 0 Å². The van der Waals surface area contributed by atoms with Crippen molar-refractivity contribution in [3.05, 3.63) is 36.0 Å². The van der Waals surface area contributed by atoms with E-state index in [4.69, 9.17) is 9.47 Å². The van der Waals surface area contributed by atoms with Crippen LogP contribution in [0.2, 0.25) is 0 Å². The van der Waals surface area contributed by atoms with Gasteiger partial charge in [0.05, 0.1) is 19.8 Å². The Balaban J connectivity index is 1.38. The minimum absolute atomic E-state index is 0.148. The van der Waals surface area contributed by atoms with Crippen LogP contribution in [0.1, 0.15) is 31.9 Å². The van der Waals surface area contributed by atoms with Gasteiger partial charge in [0.1, 0.15) is 0 Å². The molecule has 3 heterocycles. The summed E-state index contributed by atoms with van der Waals surface area (Å²) in [5, 5.41) is 1.23. The lowest BCUT2D eigenvalue weighted by molar-refractivity contribution is -0.150. The van der Waals surface area contributed by atoms with E-state index in [9.17, 15) is 9.59 Å². The van der Waals surface area contributed by atoms with Crippen molar-refractivity contribution in [2.45, 2.75) is 32.7 Å². The molecular weight excluding hydrogens is 382 g/mol. The Morgan fingerprint density at radius 2 is 1.87 bits per heavy atom. The number of H-pyrrole nitrogens is 1. The van der Waals surface area contributed by atoms with E-state index in [0.29, 0.717) is 39.3 Å². The number of amides is 1. The van der Waals surface area contributed by atoms with Crippen LogP contribution in [0, 0.1) is 5.41 Å². The average molecular weight is 414 g/mol. The van der Waals surface area contributed by atoms with Crippen LogP contribution in [0.15, 0.2) is 30.3 Å². The summed E-state index contributed by atoms with van der Waals surface area (Å²) in [6, 6.07) is 10.5. The highest BCUT2D eigenvalue weighted by Gasteiger charge is 2.39. The number of nitrogens with one attached hydrogen (secondary N) is 1. The summed E-state index contributed by atoms with van der Waals surface area (Å²) >= 11 is 0. The number of hydrogen-bond donors (Lipinski definition) is 1. The molecule has 1 aromatic carbocycles. The number of nitrogens with zero attached hydrogens (tertiary/aromatic N) is 2. The molecule has 2 saturated heterocycles. The van der Waals surface area contributed by atoms with Gasteiger partial charge in [-0.25, -0.2) is 0 Å². The highest BCUT2D eigenvalue weighted by molar-refractivity contribution is 5.80. The third-order valence-corrected chi connectivity index (χ3v) is 6.37. The predicted molar refractivity (Wildman–Crippen MR) is 114 cm³/mol. The van der Waals surface area contributed by atoms with E-state index in [1.54, 1.807) is 0 Å². The molecule has 1 aromatic heterocycles. The summed E-state index contributed by atoms with van der Waals surface area (Å²) < 4.78 is 10.8. The Bertz CT molecular complexity index is 846. The maximum absolute atomic E-state index is 12.9. The number of hydrogen-bond acceptors (Lipinski definition) is 5. The maximum atomic E-state index is 12.9. The molecule has 1 amide bonds. The van der Waals surface area contributed by atoms with Gasteiger partial charge in [-0.2, -0.15) is 0 Å². The van der Waals surface area contributed by atoms with Gasteiger partial charge in [-0.3, -0.25) is 14.5 Å². The SMILES string of the molecule is CC(=O)OCC1(CC(=O)N2CCOCC2)CCN(Cc2cc3ccccc3[nH]2)CC1. The lowest BCUT2D eigenvalue weighted by atomic mass is 9.75. The second-order valence-corrected chi connectivity index (χ2v) is 8.61. The van der Waals surface area contributed by atoms with Gasteiger partial charge < -0.3 is 19.4 Å². The number of aromatic nitrogens is 1. The van der Waals surface area contributed by atoms with Crippen molar-refractivity contribution >= 4 is 22.8 Å². The number of aromatic amines is 1. The quantitative estimate of drug-likeness (QED) is 0.737. The molecular formula is C23H31N3O4. The first-order valence-electron chi connectivity index (χ1n) is 10.8. The lowest BCUT2D eigenvalue weighted by Crippen LogP contribution is -2.47. The Labute approximate surface area is 177 Å². The first-order chi connectivity index (χ1) is 14.5. The number of piperidine rings is 1. The molecule has 4 rings (SSSR count). The summed E-state index contributed by atoms with van der Waals surface area (Å²) in [5.74, 6) is -0.136. The molecule has 0 unspecified atom stereocenters. The van der Waals surface area contributed by atoms with Crippen molar-refractivity contribution < 1.29 is 19.1 Å². The van der Waals surface area contributed by atoms with Crippen molar-refractivity contribution in [3.8, 4) is 0 Å². The molecule has 0 saturated carbocycles. The van der Waals surface area contributed by atoms with Crippen LogP contribution in [0.5, 0.6) is 0 Å². The number of morpholine rings is 1. The zero-order valence-corrected chi connectivity index (χ0v) is 17.7. The first kappa shape index (κ1) is 20.9. The van der Waals surface area contributed by atoms with Crippen LogP contribution in [-0.4, -0.2) is 72.7 Å². The molecule has 2 fully saturated rings. The van der Waals surface area contributed by atoms with Crippen molar-refractivity contribution in [2.75, 3.05) is 46.0 Å². The zero-order chi connectivity index (χ0) is 21.0. The Morgan fingerprint density at radius 1 is 1.13 bits per heavy atom. The number of carbonyl (C=O) groups is 2. The summed E-state index contributed by atoms with van der Waals surface area (Å²) in [6.07, 6.45) is 2.12. The van der Waals surface area contributed by atoms with Gasteiger partial charge in [0.25, 0.3) is 0 Å². The van der Waals surface area contributed by atoms with E-state index in [1.807, 2.05) is 11.0 Å². The molecule has 0 spiro atoms. The lowest BCUT2D eigenvalue weighted by Gasteiger charge is -2.42. The molecule has 2 aliphatic rings. The van der Waals surface area contributed by atoms with Gasteiger partial charge in [0.2, 0.25) is 5.91 Å². The Morgan fingerprint density at radius 3 is 2.57 bits per heavy atom. The second kappa shape index (κ2) is 9.18. The number of benzene rings is 1. The largest absolute Gasteiger partial charge is 0.465 e. The molecule has 2 aliphatic heterocycles. The van der Waals surface area contributed by atoms with Gasteiger partial charge in [0, 0.05) is 49.6 Å². The number of ether oxygens (including phenoxy) is 2. The third kappa shape index (κ3) is 5.02. The van der Waals surface area contributed by atoms with Gasteiger partial charge in [-0.1, -0.05) is 18.2 Å². The van der Waals surface area contributed by atoms with Crippen LogP contribution in [0.25, 0.3) is 10.9 Å². The summed E-state index contributed by atoms with van der Waals surface area (Å²) in [5.41, 5.74) is 2.08. The minimum atomic E-state index is -0.284. The van der Waals surface area contributed by atoms with Crippen molar-refractivity contribution in [1.29, 1.82) is 0 Å². The van der Waals surface area contributed by atoms with Crippen molar-refractivity contribution in [2.24, 2.45) is 5.41 Å². The van der Waals surface area contributed by atoms with Gasteiger partial charge in [-0.05, 0) is 43.5 Å². The fraction of sp³-hybridized carbons (Fsp3) is 0.565. The first-order valence-corrected chi connectivity index (χ1v) is 10.8. The number of rotatable bonds is 6. The monoisotopic (exact) mass is 413 g/mol. The molecule has 7 heteroatoms. The summed E-state index contributed by atoms with van der Waals surface area (Å²) in [6.45, 7) is 6.86. The standard InChI is InChI=1S/C23H31N3O4/c1-18(27)30-17-23(15-22(28)26-10-12-29-13-11-26)6-8-25(9-7-23)16-20-14-19-4-2-3-5-21(19)24-20/h2-5,14,24H,6-13,15-17H2,1H3. The molecule has 0 radical (unpaired) electrons. The maximum Gasteiger partial charge on any atom is 0.302 e. The molecule has 2 aromatic rings. The summed E-state index contributed by atoms with van der Waals surface area (Å²) in [4.78, 5) is 32.2. The zero-order valence-electron chi connectivity index (χ0n) is 17.7. The second-order valence-electron chi connectivity index (χ2n) is 8.61. The molecule has 1 N–H and O–H groups in total. The van der Waals surface area contributed by atoms with Gasteiger partial charge >= 0.3 is 5.97 Å². The highest BCUT2D eigenvalue weighted by atomic mass is 16.5. The number of fused-ring (bicyclic) bond motifs is 1. The Hall–Kier alpha value is -2.38. The topological polar surface area (TPSA) is 74.9 Å². The fourth-order valence-corrected chi connectivity index (χ4v) is 4.52. The smallest absolute Gasteiger partial charge is 0.302 e. The normalized spacial score (nSPS) is 19.7. The molecule has 162 valence electrons. The fourth-order valence-electron chi connectivity index (χ4n) is 4.52. The van der Waals surface area contributed by atoms with Crippen LogP contribution in [0.3, 0.4) is 0 Å². The number of esters is 1. The van der Waals surface area contributed by atoms with Crippen molar-refractivity contribution in [1.82, 2.24) is 14.8 Å². The van der Waals surface area contributed by atoms with E-state index in [1.165, 1.54) is 18.0 Å². The average Bonchev–Trinajstić information content (AvgIpc) is 3.17. The molecule has 0 bridgehead atoms. The number of carbonyl (C=O) groups excluding carboxylic acids is 2. The molecule has 0 atom stereocenters. The van der Waals surface area contributed by atoms with Crippen molar-refractivity contribution in [3.63, 3.8) is 0 Å². The summed E-state index contributed by atoms with van der Waals surface area (Å²) in [7, 11) is 0. The van der Waals surface area contributed by atoms with E-state index in [0.717, 1.165) is 38.0 Å². The molecule has 30 heavy (non-hydrogen) atoms. The Kier molecular flexibility index (Phi) is 6.39. The molecule has 7 nitrogen and oxygen atoms in total. The third-order valence-electron chi connectivity index (χ3n) is 6.37. The minimum Gasteiger partial charge on any atom is -0.465 e. The number of para-hydroxylation sites is 1. The van der Waals surface area contributed by atoms with E-state index >= 15 is 0 Å². The van der Waals surface area contributed by atoms with E-state index < -0.39 is 0 Å². The van der Waals surface area contributed by atoms with Crippen LogP contribution < -0.4 is 0 Å². The van der Waals surface area contributed by atoms with E-state index in [2.05, 4.69) is 34.1 Å². The molecule has 0 aliphatic carbocycles. The number of likely N-dealkylation sites (tertiary alicyclic amines) is 1. The van der Waals surface area contributed by atoms with E-state index in [-0.39, 0.29) is 17.3 Å². The van der Waals surface area contributed by atoms with Crippen LogP contribution in [-0.2, 0) is 25.6 Å². The van der Waals surface area contributed by atoms with Gasteiger partial charge in [-0.15, -0.1) is 0 Å².